The normalized spacial score (nSPS) is 10.5. The Bertz CT molecular complexity index is 935. The van der Waals surface area contributed by atoms with E-state index < -0.39 is 0 Å². The number of halogens is 2. The number of benzene rings is 3. The first-order chi connectivity index (χ1) is 13.5. The van der Waals surface area contributed by atoms with Crippen LogP contribution in [-0.4, -0.2) is 12.6 Å². The molecule has 3 aromatic rings. The Labute approximate surface area is 174 Å². The molecule has 0 fully saturated rings. The molecule has 0 atom stereocenters. The Morgan fingerprint density at radius 3 is 2.18 bits per heavy atom. The van der Waals surface area contributed by atoms with Crippen LogP contribution in [0.15, 0.2) is 66.7 Å². The van der Waals surface area contributed by atoms with Gasteiger partial charge in [-0.2, -0.15) is 0 Å². The van der Waals surface area contributed by atoms with Crippen LogP contribution in [0.3, 0.4) is 0 Å². The highest BCUT2D eigenvalue weighted by atomic mass is 35.5. The third kappa shape index (κ3) is 5.75. The topological polar surface area (TPSA) is 35.5 Å². The van der Waals surface area contributed by atoms with Gasteiger partial charge in [0.15, 0.2) is 0 Å². The van der Waals surface area contributed by atoms with Crippen molar-refractivity contribution in [3.8, 4) is 22.6 Å². The first kappa shape index (κ1) is 20.2. The summed E-state index contributed by atoms with van der Waals surface area (Å²) in [6, 6.07) is 20.8. The van der Waals surface area contributed by atoms with Gasteiger partial charge < -0.3 is 9.47 Å². The molecule has 0 spiro atoms. The van der Waals surface area contributed by atoms with E-state index in [1.165, 1.54) is 5.56 Å². The van der Waals surface area contributed by atoms with Crippen LogP contribution in [0, 0.1) is 6.92 Å². The number of carbonyl (C=O) groups is 1. The van der Waals surface area contributed by atoms with Crippen LogP contribution in [0.5, 0.6) is 11.5 Å². The molecule has 0 saturated carbocycles. The molecule has 3 nitrogen and oxygen atoms in total. The highest BCUT2D eigenvalue weighted by Gasteiger charge is 2.07. The lowest BCUT2D eigenvalue weighted by Gasteiger charge is -2.09. The maximum absolute atomic E-state index is 12.0. The van der Waals surface area contributed by atoms with Crippen molar-refractivity contribution in [2.75, 3.05) is 6.61 Å². The second-order valence-corrected chi connectivity index (χ2v) is 7.23. The summed E-state index contributed by atoms with van der Waals surface area (Å²) in [6.45, 7) is 2.42. The lowest BCUT2D eigenvalue weighted by molar-refractivity contribution is -0.134. The summed E-state index contributed by atoms with van der Waals surface area (Å²) in [7, 11) is 0. The van der Waals surface area contributed by atoms with Crippen molar-refractivity contribution in [3.05, 3.63) is 82.3 Å². The zero-order valence-corrected chi connectivity index (χ0v) is 17.0. The quantitative estimate of drug-likeness (QED) is 0.244. The average Bonchev–Trinajstić information content (AvgIpc) is 2.68. The summed E-state index contributed by atoms with van der Waals surface area (Å²) < 4.78 is 10.9. The van der Waals surface area contributed by atoms with Crippen LogP contribution in [0.1, 0.15) is 18.4 Å². The van der Waals surface area contributed by atoms with Crippen molar-refractivity contribution in [2.45, 2.75) is 19.8 Å². The van der Waals surface area contributed by atoms with Gasteiger partial charge in [0.2, 0.25) is 0 Å². The maximum Gasteiger partial charge on any atom is 0.311 e. The van der Waals surface area contributed by atoms with Gasteiger partial charge in [-0.05, 0) is 54.8 Å². The predicted molar refractivity (Wildman–Crippen MR) is 113 cm³/mol. The first-order valence-corrected chi connectivity index (χ1v) is 9.72. The van der Waals surface area contributed by atoms with Crippen LogP contribution < -0.4 is 9.47 Å². The van der Waals surface area contributed by atoms with Gasteiger partial charge in [-0.15, -0.1) is 0 Å². The summed E-state index contributed by atoms with van der Waals surface area (Å²) in [4.78, 5) is 12.0. The van der Waals surface area contributed by atoms with Gasteiger partial charge in [0.05, 0.1) is 11.6 Å². The van der Waals surface area contributed by atoms with E-state index in [0.717, 1.165) is 11.1 Å². The van der Waals surface area contributed by atoms with E-state index in [1.54, 1.807) is 30.3 Å². The predicted octanol–water partition coefficient (Wildman–Crippen LogP) is 6.73. The zero-order chi connectivity index (χ0) is 19.9. The zero-order valence-electron chi connectivity index (χ0n) is 15.5. The van der Waals surface area contributed by atoms with Crippen LogP contribution in [0.25, 0.3) is 11.1 Å². The fraction of sp³-hybridized carbons (Fsp3) is 0.174. The van der Waals surface area contributed by atoms with Crippen molar-refractivity contribution < 1.29 is 14.3 Å². The molecule has 5 heteroatoms. The Hall–Kier alpha value is -2.49. The molecule has 3 rings (SSSR count). The summed E-state index contributed by atoms with van der Waals surface area (Å²) in [5, 5.41) is 0.998. The number of carbonyl (C=O) groups excluding carboxylic acids is 1. The summed E-state index contributed by atoms with van der Waals surface area (Å²) in [6.07, 6.45) is 0.782. The number of hydrogen-bond donors (Lipinski definition) is 0. The number of rotatable bonds is 7. The molecule has 0 N–H and O–H groups in total. The van der Waals surface area contributed by atoms with Gasteiger partial charge >= 0.3 is 5.97 Å². The molecule has 0 aliphatic carbocycles. The molecule has 144 valence electrons. The van der Waals surface area contributed by atoms with Gasteiger partial charge in [-0.3, -0.25) is 4.79 Å². The van der Waals surface area contributed by atoms with Crippen LogP contribution in [-0.2, 0) is 4.79 Å². The molecule has 28 heavy (non-hydrogen) atoms. The van der Waals surface area contributed by atoms with E-state index >= 15 is 0 Å². The molecular weight excluding hydrogens is 395 g/mol. The van der Waals surface area contributed by atoms with Gasteiger partial charge in [-0.25, -0.2) is 0 Å². The number of ether oxygens (including phenoxy) is 2. The minimum Gasteiger partial charge on any atom is -0.492 e. The Morgan fingerprint density at radius 2 is 1.54 bits per heavy atom. The molecule has 0 saturated heterocycles. The number of esters is 1. The fourth-order valence-electron chi connectivity index (χ4n) is 2.63. The Morgan fingerprint density at radius 1 is 0.893 bits per heavy atom. The number of hydrogen-bond acceptors (Lipinski definition) is 3. The third-order valence-corrected chi connectivity index (χ3v) is 4.68. The monoisotopic (exact) mass is 414 g/mol. The van der Waals surface area contributed by atoms with E-state index in [0.29, 0.717) is 34.6 Å². The average molecular weight is 415 g/mol. The highest BCUT2D eigenvalue weighted by Crippen LogP contribution is 2.27. The van der Waals surface area contributed by atoms with E-state index in [2.05, 4.69) is 31.2 Å². The minimum absolute atomic E-state index is 0.255. The fourth-order valence-corrected chi connectivity index (χ4v) is 3.10. The molecule has 0 radical (unpaired) electrons. The smallest absolute Gasteiger partial charge is 0.311 e. The van der Waals surface area contributed by atoms with Crippen LogP contribution >= 0.6 is 23.2 Å². The molecule has 3 aromatic carbocycles. The summed E-state index contributed by atoms with van der Waals surface area (Å²) in [5.74, 6) is 0.780. The molecule has 0 heterocycles. The van der Waals surface area contributed by atoms with Crippen molar-refractivity contribution >= 4 is 29.2 Å². The minimum atomic E-state index is -0.297. The standard InChI is InChI=1S/C23H20Cl2O3/c1-16-4-6-17(7-5-16)18-8-11-20(12-9-18)28-23(26)3-2-14-27-22-13-10-19(24)15-21(22)25/h4-13,15H,2-3,14H2,1H3. The van der Waals surface area contributed by atoms with E-state index in [4.69, 9.17) is 32.7 Å². The van der Waals surface area contributed by atoms with Crippen molar-refractivity contribution in [1.82, 2.24) is 0 Å². The molecule has 0 aliphatic heterocycles. The van der Waals surface area contributed by atoms with Gasteiger partial charge in [-0.1, -0.05) is 65.2 Å². The van der Waals surface area contributed by atoms with Gasteiger partial charge in [0, 0.05) is 11.4 Å². The van der Waals surface area contributed by atoms with Gasteiger partial charge in [0.25, 0.3) is 0 Å². The van der Waals surface area contributed by atoms with E-state index in [9.17, 15) is 4.79 Å². The highest BCUT2D eigenvalue weighted by molar-refractivity contribution is 6.35. The Kier molecular flexibility index (Phi) is 6.96. The second-order valence-electron chi connectivity index (χ2n) is 6.39. The Balaban J connectivity index is 1.45. The maximum atomic E-state index is 12.0. The molecule has 0 aliphatic rings. The molecule has 0 unspecified atom stereocenters. The second kappa shape index (κ2) is 9.63. The van der Waals surface area contributed by atoms with Gasteiger partial charge in [0.1, 0.15) is 11.5 Å². The first-order valence-electron chi connectivity index (χ1n) is 8.97. The van der Waals surface area contributed by atoms with E-state index in [1.807, 2.05) is 12.1 Å². The lowest BCUT2D eigenvalue weighted by Crippen LogP contribution is -2.10. The van der Waals surface area contributed by atoms with Crippen LogP contribution in [0.4, 0.5) is 0 Å². The third-order valence-electron chi connectivity index (χ3n) is 4.15. The van der Waals surface area contributed by atoms with Crippen molar-refractivity contribution in [1.29, 1.82) is 0 Å². The molecule has 0 bridgehead atoms. The molecule has 0 amide bonds. The SMILES string of the molecule is Cc1ccc(-c2ccc(OC(=O)CCCOc3ccc(Cl)cc3Cl)cc2)cc1. The molecular formula is C23H20Cl2O3. The summed E-state index contributed by atoms with van der Waals surface area (Å²) >= 11 is 11.9. The van der Waals surface area contributed by atoms with E-state index in [-0.39, 0.29) is 12.4 Å². The lowest BCUT2D eigenvalue weighted by atomic mass is 10.0. The summed E-state index contributed by atoms with van der Waals surface area (Å²) in [5.41, 5.74) is 3.42. The largest absolute Gasteiger partial charge is 0.492 e. The molecule has 0 aromatic heterocycles. The van der Waals surface area contributed by atoms with Crippen LogP contribution in [0.2, 0.25) is 10.0 Å². The number of aryl methyl sites for hydroxylation is 1. The van der Waals surface area contributed by atoms with Crippen molar-refractivity contribution in [3.63, 3.8) is 0 Å². The van der Waals surface area contributed by atoms with Crippen molar-refractivity contribution in [2.24, 2.45) is 0 Å².